The summed E-state index contributed by atoms with van der Waals surface area (Å²) in [4.78, 5) is 0. The molecule has 20 heavy (non-hydrogen) atoms. The Morgan fingerprint density at radius 3 is 2.55 bits per heavy atom. The highest BCUT2D eigenvalue weighted by Gasteiger charge is 2.31. The van der Waals surface area contributed by atoms with Crippen LogP contribution in [-0.4, -0.2) is 12.6 Å². The quantitative estimate of drug-likeness (QED) is 0.845. The van der Waals surface area contributed by atoms with Crippen LogP contribution >= 0.6 is 0 Å². The van der Waals surface area contributed by atoms with Crippen LogP contribution in [0.2, 0.25) is 0 Å². The molecule has 0 amide bonds. The highest BCUT2D eigenvalue weighted by Crippen LogP contribution is 2.41. The third-order valence-electron chi connectivity index (χ3n) is 5.46. The third kappa shape index (κ3) is 3.25. The normalized spacial score (nSPS) is 30.4. The van der Waals surface area contributed by atoms with Crippen LogP contribution in [0, 0.1) is 25.7 Å². The van der Waals surface area contributed by atoms with E-state index in [0.29, 0.717) is 0 Å². The van der Waals surface area contributed by atoms with Crippen molar-refractivity contribution in [2.75, 3.05) is 6.54 Å². The third-order valence-corrected chi connectivity index (χ3v) is 5.46. The van der Waals surface area contributed by atoms with Crippen molar-refractivity contribution in [1.82, 2.24) is 5.32 Å². The molecule has 0 heterocycles. The summed E-state index contributed by atoms with van der Waals surface area (Å²) in [6.07, 6.45) is 6.99. The van der Waals surface area contributed by atoms with E-state index in [1.165, 1.54) is 49.8 Å². The fraction of sp³-hybridized carbons (Fsp3) is 0.684. The van der Waals surface area contributed by atoms with Gasteiger partial charge in [-0.15, -0.1) is 0 Å². The smallest absolute Gasteiger partial charge is 0.00683 e. The van der Waals surface area contributed by atoms with Crippen LogP contribution in [0.1, 0.15) is 61.6 Å². The fourth-order valence-electron chi connectivity index (χ4n) is 3.70. The Kier molecular flexibility index (Phi) is 4.16. The molecule has 0 aromatic heterocycles. The van der Waals surface area contributed by atoms with Gasteiger partial charge in [-0.05, 0) is 80.5 Å². The van der Waals surface area contributed by atoms with Gasteiger partial charge in [0.25, 0.3) is 0 Å². The molecule has 3 rings (SSSR count). The summed E-state index contributed by atoms with van der Waals surface area (Å²) in [6, 6.07) is 7.99. The molecule has 2 aliphatic carbocycles. The lowest BCUT2D eigenvalue weighted by atomic mass is 9.71. The number of hydrogen-bond donors (Lipinski definition) is 1. The number of rotatable bonds is 4. The average Bonchev–Trinajstić information content (AvgIpc) is 3.24. The molecule has 2 saturated carbocycles. The van der Waals surface area contributed by atoms with Crippen molar-refractivity contribution < 1.29 is 0 Å². The van der Waals surface area contributed by atoms with Gasteiger partial charge in [0.05, 0.1) is 0 Å². The molecular formula is C19H29N. The predicted octanol–water partition coefficient (Wildman–Crippen LogP) is 4.58. The van der Waals surface area contributed by atoms with Crippen LogP contribution < -0.4 is 5.32 Å². The monoisotopic (exact) mass is 271 g/mol. The van der Waals surface area contributed by atoms with E-state index in [1.54, 1.807) is 5.56 Å². The maximum atomic E-state index is 3.77. The minimum atomic E-state index is 0.768. The average molecular weight is 271 g/mol. The zero-order chi connectivity index (χ0) is 14.1. The molecule has 0 spiro atoms. The molecule has 1 nitrogen and oxygen atoms in total. The molecule has 0 aliphatic heterocycles. The van der Waals surface area contributed by atoms with Crippen LogP contribution in [0.4, 0.5) is 0 Å². The first-order valence-corrected chi connectivity index (χ1v) is 8.44. The number of nitrogens with one attached hydrogen (secondary N) is 1. The fourth-order valence-corrected chi connectivity index (χ4v) is 3.70. The Labute approximate surface area is 124 Å². The van der Waals surface area contributed by atoms with Crippen molar-refractivity contribution in [3.63, 3.8) is 0 Å². The molecule has 3 unspecified atom stereocenters. The molecule has 1 N–H and O–H groups in total. The number of hydrogen-bond acceptors (Lipinski definition) is 1. The zero-order valence-corrected chi connectivity index (χ0v) is 13.3. The lowest BCUT2D eigenvalue weighted by Crippen LogP contribution is -2.32. The lowest BCUT2D eigenvalue weighted by molar-refractivity contribution is 0.241. The first-order chi connectivity index (χ1) is 9.63. The molecule has 110 valence electrons. The second-order valence-corrected chi connectivity index (χ2v) is 7.31. The SMILES string of the molecule is Cc1ccc(C2CC(C)CCC2CNC2CC2)cc1C. The van der Waals surface area contributed by atoms with E-state index in [4.69, 9.17) is 0 Å². The summed E-state index contributed by atoms with van der Waals surface area (Å²) >= 11 is 0. The Morgan fingerprint density at radius 1 is 1.05 bits per heavy atom. The molecule has 1 aromatic rings. The first kappa shape index (κ1) is 14.1. The molecule has 1 heteroatoms. The van der Waals surface area contributed by atoms with Crippen molar-refractivity contribution >= 4 is 0 Å². The maximum absolute atomic E-state index is 3.77. The topological polar surface area (TPSA) is 12.0 Å². The van der Waals surface area contributed by atoms with Crippen molar-refractivity contribution in [3.8, 4) is 0 Å². The van der Waals surface area contributed by atoms with E-state index in [-0.39, 0.29) is 0 Å². The minimum Gasteiger partial charge on any atom is -0.314 e. The second kappa shape index (κ2) is 5.89. The number of aryl methyl sites for hydroxylation is 2. The Bertz CT molecular complexity index is 461. The summed E-state index contributed by atoms with van der Waals surface area (Å²) in [5.74, 6) is 2.50. The van der Waals surface area contributed by atoms with E-state index in [9.17, 15) is 0 Å². The van der Waals surface area contributed by atoms with E-state index in [1.807, 2.05) is 0 Å². The summed E-state index contributed by atoms with van der Waals surface area (Å²) < 4.78 is 0. The molecular weight excluding hydrogens is 242 g/mol. The highest BCUT2D eigenvalue weighted by atomic mass is 14.9. The van der Waals surface area contributed by atoms with Gasteiger partial charge in [-0.25, -0.2) is 0 Å². The Hall–Kier alpha value is -0.820. The van der Waals surface area contributed by atoms with E-state index >= 15 is 0 Å². The molecule has 0 bridgehead atoms. The highest BCUT2D eigenvalue weighted by molar-refractivity contribution is 5.32. The van der Waals surface area contributed by atoms with Gasteiger partial charge in [-0.3, -0.25) is 0 Å². The summed E-state index contributed by atoms with van der Waals surface area (Å²) in [5.41, 5.74) is 4.46. The number of benzene rings is 1. The Morgan fingerprint density at radius 2 is 1.85 bits per heavy atom. The van der Waals surface area contributed by atoms with Crippen LogP contribution in [0.5, 0.6) is 0 Å². The maximum Gasteiger partial charge on any atom is 0.00683 e. The summed E-state index contributed by atoms with van der Waals surface area (Å²) in [7, 11) is 0. The molecule has 0 radical (unpaired) electrons. The van der Waals surface area contributed by atoms with Crippen molar-refractivity contribution in [3.05, 3.63) is 34.9 Å². The van der Waals surface area contributed by atoms with Crippen LogP contribution in [-0.2, 0) is 0 Å². The van der Waals surface area contributed by atoms with Gasteiger partial charge in [0.2, 0.25) is 0 Å². The zero-order valence-electron chi connectivity index (χ0n) is 13.3. The minimum absolute atomic E-state index is 0.768. The summed E-state index contributed by atoms with van der Waals surface area (Å²) in [6.45, 7) is 8.13. The van der Waals surface area contributed by atoms with Crippen LogP contribution in [0.25, 0.3) is 0 Å². The molecule has 0 saturated heterocycles. The van der Waals surface area contributed by atoms with E-state index in [2.05, 4.69) is 44.3 Å². The standard InChI is InChI=1S/C19H29N/c1-13-4-6-17(12-20-18-8-9-18)19(10-13)16-7-5-14(2)15(3)11-16/h5,7,11,13,17-20H,4,6,8-10,12H2,1-3H3. The van der Waals surface area contributed by atoms with Crippen LogP contribution in [0.3, 0.4) is 0 Å². The van der Waals surface area contributed by atoms with Crippen molar-refractivity contribution in [2.45, 2.75) is 64.8 Å². The molecule has 3 atom stereocenters. The van der Waals surface area contributed by atoms with Gasteiger partial charge in [0, 0.05) is 6.04 Å². The summed E-state index contributed by atoms with van der Waals surface area (Å²) in [5, 5.41) is 3.77. The van der Waals surface area contributed by atoms with Gasteiger partial charge in [0.15, 0.2) is 0 Å². The lowest BCUT2D eigenvalue weighted by Gasteiger charge is -2.36. The van der Waals surface area contributed by atoms with Crippen molar-refractivity contribution in [2.24, 2.45) is 11.8 Å². The Balaban J connectivity index is 1.75. The van der Waals surface area contributed by atoms with Gasteiger partial charge in [-0.1, -0.05) is 31.5 Å². The van der Waals surface area contributed by atoms with Gasteiger partial charge in [-0.2, -0.15) is 0 Å². The molecule has 2 aliphatic rings. The van der Waals surface area contributed by atoms with E-state index < -0.39 is 0 Å². The first-order valence-electron chi connectivity index (χ1n) is 8.44. The van der Waals surface area contributed by atoms with Crippen molar-refractivity contribution in [1.29, 1.82) is 0 Å². The predicted molar refractivity (Wildman–Crippen MR) is 86.2 cm³/mol. The van der Waals surface area contributed by atoms with Crippen LogP contribution in [0.15, 0.2) is 18.2 Å². The largest absolute Gasteiger partial charge is 0.314 e. The van der Waals surface area contributed by atoms with Gasteiger partial charge < -0.3 is 5.32 Å². The van der Waals surface area contributed by atoms with Gasteiger partial charge in [0.1, 0.15) is 0 Å². The molecule has 2 fully saturated rings. The second-order valence-electron chi connectivity index (χ2n) is 7.31. The molecule has 1 aromatic carbocycles. The van der Waals surface area contributed by atoms with E-state index in [0.717, 1.165) is 23.8 Å². The van der Waals surface area contributed by atoms with Gasteiger partial charge >= 0.3 is 0 Å².